The molecule has 3 rings (SSSR count). The molecule has 0 amide bonds. The van der Waals surface area contributed by atoms with Crippen molar-refractivity contribution in [2.45, 2.75) is 13.3 Å². The van der Waals surface area contributed by atoms with Crippen molar-refractivity contribution >= 4 is 29.2 Å². The van der Waals surface area contributed by atoms with E-state index >= 15 is 0 Å². The number of nitriles is 1. The summed E-state index contributed by atoms with van der Waals surface area (Å²) < 4.78 is 0. The molecule has 1 fully saturated rings. The predicted octanol–water partition coefficient (Wildman–Crippen LogP) is 3.42. The summed E-state index contributed by atoms with van der Waals surface area (Å²) >= 11 is 12.4. The minimum absolute atomic E-state index is 0.304. The van der Waals surface area contributed by atoms with Crippen LogP contribution in [-0.2, 0) is 0 Å². The predicted molar refractivity (Wildman–Crippen MR) is 96.3 cm³/mol. The summed E-state index contributed by atoms with van der Waals surface area (Å²) in [6.45, 7) is 4.17. The summed E-state index contributed by atoms with van der Waals surface area (Å²) in [4.78, 5) is 11.1. The van der Waals surface area contributed by atoms with Crippen molar-refractivity contribution in [2.75, 3.05) is 24.5 Å². The number of anilines is 1. The van der Waals surface area contributed by atoms with Crippen LogP contribution in [0.4, 0.5) is 5.95 Å². The molecular formula is C17H17Cl2N5. The van der Waals surface area contributed by atoms with Gasteiger partial charge in [0.2, 0.25) is 5.95 Å². The van der Waals surface area contributed by atoms with E-state index < -0.39 is 0 Å². The third-order valence-electron chi connectivity index (χ3n) is 4.31. The first-order chi connectivity index (χ1) is 11.5. The molecular weight excluding hydrogens is 345 g/mol. The van der Waals surface area contributed by atoms with Crippen molar-refractivity contribution in [3.8, 4) is 17.2 Å². The number of halogens is 2. The maximum Gasteiger partial charge on any atom is 0.226 e. The van der Waals surface area contributed by atoms with E-state index in [0.29, 0.717) is 51.0 Å². The zero-order chi connectivity index (χ0) is 17.3. The average molecular weight is 362 g/mol. The van der Waals surface area contributed by atoms with Crippen LogP contribution < -0.4 is 10.6 Å². The summed E-state index contributed by atoms with van der Waals surface area (Å²) in [5, 5.41) is 10.4. The van der Waals surface area contributed by atoms with Crippen LogP contribution in [0.15, 0.2) is 18.2 Å². The molecule has 1 aliphatic heterocycles. The molecule has 2 aromatic rings. The van der Waals surface area contributed by atoms with Gasteiger partial charge in [-0.1, -0.05) is 35.3 Å². The van der Waals surface area contributed by atoms with Crippen LogP contribution in [0.5, 0.6) is 0 Å². The summed E-state index contributed by atoms with van der Waals surface area (Å²) in [6.07, 6.45) is 1.02. The van der Waals surface area contributed by atoms with E-state index in [0.717, 1.165) is 19.5 Å². The molecule has 2 heterocycles. The molecule has 1 aromatic carbocycles. The SMILES string of the molecule is Cc1nc(N2CC[C@H](CN)C2)nc(C#N)c1-c1cccc(Cl)c1Cl. The minimum Gasteiger partial charge on any atom is -0.340 e. The van der Waals surface area contributed by atoms with Gasteiger partial charge in [-0.25, -0.2) is 9.97 Å². The second kappa shape index (κ2) is 6.94. The molecule has 0 spiro atoms. The Morgan fingerprint density at radius 3 is 2.83 bits per heavy atom. The highest BCUT2D eigenvalue weighted by Crippen LogP contribution is 2.36. The topological polar surface area (TPSA) is 78.8 Å². The largest absolute Gasteiger partial charge is 0.340 e. The van der Waals surface area contributed by atoms with Gasteiger partial charge < -0.3 is 10.6 Å². The van der Waals surface area contributed by atoms with Crippen LogP contribution >= 0.6 is 23.2 Å². The fourth-order valence-electron chi connectivity index (χ4n) is 3.01. The van der Waals surface area contributed by atoms with E-state index in [2.05, 4.69) is 20.9 Å². The highest BCUT2D eigenvalue weighted by atomic mass is 35.5. The van der Waals surface area contributed by atoms with Gasteiger partial charge in [0.05, 0.1) is 15.7 Å². The molecule has 1 saturated heterocycles. The highest BCUT2D eigenvalue weighted by Gasteiger charge is 2.25. The molecule has 0 unspecified atom stereocenters. The Hall–Kier alpha value is -1.87. The Morgan fingerprint density at radius 1 is 1.38 bits per heavy atom. The van der Waals surface area contributed by atoms with E-state index in [1.54, 1.807) is 12.1 Å². The van der Waals surface area contributed by atoms with Crippen LogP contribution in [0.3, 0.4) is 0 Å². The number of hydrogen-bond acceptors (Lipinski definition) is 5. The molecule has 5 nitrogen and oxygen atoms in total. The number of rotatable bonds is 3. The molecule has 1 aliphatic rings. The molecule has 7 heteroatoms. The van der Waals surface area contributed by atoms with Crippen molar-refractivity contribution < 1.29 is 0 Å². The number of aryl methyl sites for hydroxylation is 1. The zero-order valence-corrected chi connectivity index (χ0v) is 14.8. The van der Waals surface area contributed by atoms with Gasteiger partial charge in [-0.15, -0.1) is 0 Å². The molecule has 1 aromatic heterocycles. The zero-order valence-electron chi connectivity index (χ0n) is 13.3. The van der Waals surface area contributed by atoms with E-state index in [1.165, 1.54) is 0 Å². The van der Waals surface area contributed by atoms with Crippen LogP contribution in [-0.4, -0.2) is 29.6 Å². The van der Waals surface area contributed by atoms with Crippen molar-refractivity contribution in [2.24, 2.45) is 11.7 Å². The number of benzene rings is 1. The molecule has 1 atom stereocenters. The summed E-state index contributed by atoms with van der Waals surface area (Å²) in [6, 6.07) is 7.49. The standard InChI is InChI=1S/C17H17Cl2N5/c1-10-15(12-3-2-4-13(18)16(12)19)14(8-21)23-17(22-10)24-6-5-11(7-20)9-24/h2-4,11H,5-7,9,20H2,1H3/t11-/m1/s1. The van der Waals surface area contributed by atoms with Crippen LogP contribution in [0.2, 0.25) is 10.0 Å². The van der Waals surface area contributed by atoms with Crippen LogP contribution in [0.25, 0.3) is 11.1 Å². The number of hydrogen-bond donors (Lipinski definition) is 1. The van der Waals surface area contributed by atoms with Gasteiger partial charge in [0.25, 0.3) is 0 Å². The van der Waals surface area contributed by atoms with E-state index in [9.17, 15) is 5.26 Å². The lowest BCUT2D eigenvalue weighted by molar-refractivity contribution is 0.601. The quantitative estimate of drug-likeness (QED) is 0.905. The highest BCUT2D eigenvalue weighted by molar-refractivity contribution is 6.43. The van der Waals surface area contributed by atoms with E-state index in [1.807, 2.05) is 13.0 Å². The Bertz CT molecular complexity index is 815. The lowest BCUT2D eigenvalue weighted by atomic mass is 10.0. The number of nitrogens with two attached hydrogens (primary N) is 1. The van der Waals surface area contributed by atoms with Crippen molar-refractivity contribution in [1.29, 1.82) is 5.26 Å². The molecule has 2 N–H and O–H groups in total. The maximum absolute atomic E-state index is 9.57. The van der Waals surface area contributed by atoms with Crippen molar-refractivity contribution in [1.82, 2.24) is 9.97 Å². The maximum atomic E-state index is 9.57. The van der Waals surface area contributed by atoms with Gasteiger partial charge in [-0.05, 0) is 31.9 Å². The molecule has 124 valence electrons. The Balaban J connectivity index is 2.07. The molecule has 0 bridgehead atoms. The molecule has 0 saturated carbocycles. The summed E-state index contributed by atoms with van der Waals surface area (Å²) in [7, 11) is 0. The fourth-order valence-corrected chi connectivity index (χ4v) is 3.40. The van der Waals surface area contributed by atoms with E-state index in [4.69, 9.17) is 28.9 Å². The van der Waals surface area contributed by atoms with Gasteiger partial charge in [0, 0.05) is 24.2 Å². The van der Waals surface area contributed by atoms with Crippen molar-refractivity contribution in [3.05, 3.63) is 39.6 Å². The van der Waals surface area contributed by atoms with Crippen molar-refractivity contribution in [3.63, 3.8) is 0 Å². The third-order valence-corrected chi connectivity index (χ3v) is 5.13. The third kappa shape index (κ3) is 3.05. The first kappa shape index (κ1) is 17.0. The summed E-state index contributed by atoms with van der Waals surface area (Å²) in [5.41, 5.74) is 8.05. The van der Waals surface area contributed by atoms with Crippen LogP contribution in [0, 0.1) is 24.2 Å². The second-order valence-electron chi connectivity index (χ2n) is 5.88. The number of aromatic nitrogens is 2. The average Bonchev–Trinajstić information content (AvgIpc) is 3.06. The van der Waals surface area contributed by atoms with E-state index in [-0.39, 0.29) is 0 Å². The van der Waals surface area contributed by atoms with Gasteiger partial charge in [-0.3, -0.25) is 0 Å². The normalized spacial score (nSPS) is 17.1. The first-order valence-electron chi connectivity index (χ1n) is 7.73. The van der Waals surface area contributed by atoms with Gasteiger partial charge >= 0.3 is 0 Å². The van der Waals surface area contributed by atoms with Gasteiger partial charge in [0.1, 0.15) is 6.07 Å². The smallest absolute Gasteiger partial charge is 0.226 e. The molecule has 24 heavy (non-hydrogen) atoms. The minimum atomic E-state index is 0.304. The number of nitrogens with zero attached hydrogens (tertiary/aromatic N) is 4. The Labute approximate surface area is 151 Å². The molecule has 0 radical (unpaired) electrons. The Morgan fingerprint density at radius 2 is 2.17 bits per heavy atom. The fraction of sp³-hybridized carbons (Fsp3) is 0.353. The second-order valence-corrected chi connectivity index (χ2v) is 6.67. The van der Waals surface area contributed by atoms with Crippen LogP contribution in [0.1, 0.15) is 17.8 Å². The first-order valence-corrected chi connectivity index (χ1v) is 8.48. The summed E-state index contributed by atoms with van der Waals surface area (Å²) in [5.74, 6) is 1.02. The monoisotopic (exact) mass is 361 g/mol. The lowest BCUT2D eigenvalue weighted by Crippen LogP contribution is -2.25. The molecule has 0 aliphatic carbocycles. The van der Waals surface area contributed by atoms with Gasteiger partial charge in [-0.2, -0.15) is 5.26 Å². The van der Waals surface area contributed by atoms with Gasteiger partial charge in [0.15, 0.2) is 5.69 Å². The lowest BCUT2D eigenvalue weighted by Gasteiger charge is -2.18. The Kier molecular flexibility index (Phi) is 4.91.